The fourth-order valence-electron chi connectivity index (χ4n) is 5.42. The quantitative estimate of drug-likeness (QED) is 0.112. The Morgan fingerprint density at radius 3 is 1.74 bits per heavy atom. The molecule has 3 aromatic carbocycles. The summed E-state index contributed by atoms with van der Waals surface area (Å²) in [7, 11) is -3.71. The normalized spacial score (nSPS) is 13.0. The van der Waals surface area contributed by atoms with Crippen molar-refractivity contribution in [1.82, 2.24) is 28.9 Å². The molecule has 2 amide bonds. The largest absolute Gasteiger partial charge is 0.472 e. The second-order valence-corrected chi connectivity index (χ2v) is 18.0. The van der Waals surface area contributed by atoms with Gasteiger partial charge in [0.2, 0.25) is 27.0 Å². The molecule has 1 fully saturated rings. The fourth-order valence-corrected chi connectivity index (χ4v) is 8.73. The lowest BCUT2D eigenvalue weighted by Crippen LogP contribution is -2.34. The van der Waals surface area contributed by atoms with Crippen molar-refractivity contribution in [2.75, 3.05) is 16.9 Å². The second-order valence-electron chi connectivity index (χ2n) is 13.2. The van der Waals surface area contributed by atoms with Crippen molar-refractivity contribution >= 4 is 56.7 Å². The van der Waals surface area contributed by atoms with Gasteiger partial charge in [0.1, 0.15) is 17.3 Å². The number of anilines is 2. The van der Waals surface area contributed by atoms with E-state index < -0.39 is 19.5 Å². The van der Waals surface area contributed by atoms with Crippen molar-refractivity contribution in [3.05, 3.63) is 128 Å². The molecule has 1 aliphatic rings. The molecular weight excluding hydrogens is 797 g/mol. The minimum absolute atomic E-state index is 0. The predicted octanol–water partition coefficient (Wildman–Crippen LogP) is 9.16. The Hall–Kier alpha value is -5.91. The Balaban J connectivity index is 0.000000247. The Kier molecular flexibility index (Phi) is 13.0. The van der Waals surface area contributed by atoms with Gasteiger partial charge in [0.25, 0.3) is 0 Å². The van der Waals surface area contributed by atoms with Gasteiger partial charge in [-0.2, -0.15) is 3.97 Å². The highest BCUT2D eigenvalue weighted by Gasteiger charge is 2.52. The fraction of sp³-hybridized carbons (Fsp3) is 0.220. The average Bonchev–Trinajstić information content (AvgIpc) is 3.77. The molecule has 0 radical (unpaired) electrons. The number of hydrogen-bond acceptors (Lipinski definition) is 12. The maximum atomic E-state index is 13.0. The van der Waals surface area contributed by atoms with E-state index in [2.05, 4.69) is 31.0 Å². The number of para-hydroxylation sites is 3. The summed E-state index contributed by atoms with van der Waals surface area (Å²) in [6.07, 6.45) is 8.72. The zero-order chi connectivity index (χ0) is 41.3. The van der Waals surface area contributed by atoms with Crippen molar-refractivity contribution in [2.24, 2.45) is 0 Å². The molecule has 0 unspecified atom stereocenters. The molecule has 8 rings (SSSR count). The topological polar surface area (TPSA) is 180 Å². The van der Waals surface area contributed by atoms with E-state index in [0.717, 1.165) is 51.8 Å². The summed E-state index contributed by atoms with van der Waals surface area (Å²) in [4.78, 5) is 25.7. The van der Waals surface area contributed by atoms with Gasteiger partial charge in [0.15, 0.2) is 16.8 Å². The number of benzene rings is 3. The Labute approximate surface area is 347 Å². The first-order chi connectivity index (χ1) is 27.9. The molecule has 7 aromatic rings. The number of hydrogen-bond donors (Lipinski definition) is 2. The highest BCUT2D eigenvalue weighted by Crippen LogP contribution is 2.52. The SMILES string of the molecule is CC.CC(C)(Sc1nnc(-c2ccoc2)n1S(C)(=O)=O)C(=O)Nc1ccccc1.O=C(Nc1ccccc1)C1(Sc2nnc(-c3ccoc3)n2-c2ccccc2)CC1.[HH].[HH]. The first kappa shape index (κ1) is 41.7. The lowest BCUT2D eigenvalue weighted by atomic mass is 10.2. The first-order valence-electron chi connectivity index (χ1n) is 18.3. The van der Waals surface area contributed by atoms with Crippen LogP contribution in [0.2, 0.25) is 0 Å². The molecule has 0 spiro atoms. The minimum Gasteiger partial charge on any atom is -0.472 e. The summed E-state index contributed by atoms with van der Waals surface area (Å²) in [5.41, 5.74) is 3.71. The smallest absolute Gasteiger partial charge is 0.241 e. The molecule has 0 bridgehead atoms. The van der Waals surface area contributed by atoms with Crippen molar-refractivity contribution in [2.45, 2.75) is 60.3 Å². The summed E-state index contributed by atoms with van der Waals surface area (Å²) >= 11 is 2.48. The number of rotatable bonds is 12. The van der Waals surface area contributed by atoms with Gasteiger partial charge < -0.3 is 19.5 Å². The van der Waals surface area contributed by atoms with Crippen LogP contribution in [0, 0.1) is 0 Å². The molecule has 58 heavy (non-hydrogen) atoms. The number of nitrogens with one attached hydrogen (secondary N) is 2. The van der Waals surface area contributed by atoms with Crippen LogP contribution >= 0.6 is 23.5 Å². The molecule has 0 saturated heterocycles. The van der Waals surface area contributed by atoms with E-state index in [-0.39, 0.29) is 25.6 Å². The summed E-state index contributed by atoms with van der Waals surface area (Å²) in [5, 5.41) is 23.4. The highest BCUT2D eigenvalue weighted by atomic mass is 32.2. The highest BCUT2D eigenvalue weighted by molar-refractivity contribution is 8.02. The van der Waals surface area contributed by atoms with Crippen LogP contribution in [0.3, 0.4) is 0 Å². The predicted molar refractivity (Wildman–Crippen MR) is 231 cm³/mol. The number of furan rings is 2. The minimum atomic E-state index is -3.71. The van der Waals surface area contributed by atoms with Crippen molar-refractivity contribution in [3.63, 3.8) is 0 Å². The zero-order valence-electron chi connectivity index (χ0n) is 32.4. The average molecular weight is 843 g/mol. The van der Waals surface area contributed by atoms with E-state index in [1.165, 1.54) is 24.3 Å². The van der Waals surface area contributed by atoms with Gasteiger partial charge in [0, 0.05) is 19.9 Å². The number of nitrogens with zero attached hydrogens (tertiary/aromatic N) is 6. The molecule has 4 aromatic heterocycles. The number of carbonyl (C=O) groups is 2. The molecule has 0 atom stereocenters. The van der Waals surface area contributed by atoms with Crippen LogP contribution < -0.4 is 10.6 Å². The lowest BCUT2D eigenvalue weighted by molar-refractivity contribution is -0.118. The third-order valence-electron chi connectivity index (χ3n) is 8.50. The third kappa shape index (κ3) is 9.78. The summed E-state index contributed by atoms with van der Waals surface area (Å²) in [5.74, 6) is 0.535. The number of carbonyl (C=O) groups excluding carboxylic acids is 2. The van der Waals surface area contributed by atoms with Crippen molar-refractivity contribution in [3.8, 4) is 28.5 Å². The van der Waals surface area contributed by atoms with Crippen LogP contribution in [0.4, 0.5) is 11.4 Å². The van der Waals surface area contributed by atoms with Crippen LogP contribution in [-0.4, -0.2) is 64.9 Å². The van der Waals surface area contributed by atoms with Gasteiger partial charge in [-0.25, -0.2) is 8.42 Å². The molecular formula is C41H46N8O6S3. The summed E-state index contributed by atoms with van der Waals surface area (Å²) in [6.45, 7) is 7.38. The van der Waals surface area contributed by atoms with Gasteiger partial charge in [-0.3, -0.25) is 14.2 Å². The van der Waals surface area contributed by atoms with E-state index in [0.29, 0.717) is 22.2 Å². The molecule has 0 aliphatic heterocycles. The monoisotopic (exact) mass is 842 g/mol. The van der Waals surface area contributed by atoms with E-state index in [9.17, 15) is 18.0 Å². The maximum absolute atomic E-state index is 13.0. The molecule has 1 saturated carbocycles. The van der Waals surface area contributed by atoms with Crippen LogP contribution in [0.1, 0.15) is 43.4 Å². The van der Waals surface area contributed by atoms with Crippen LogP contribution in [0.5, 0.6) is 0 Å². The van der Waals surface area contributed by atoms with Crippen LogP contribution in [-0.2, 0) is 19.6 Å². The number of thioether (sulfide) groups is 2. The maximum Gasteiger partial charge on any atom is 0.241 e. The van der Waals surface area contributed by atoms with Crippen molar-refractivity contribution < 1.29 is 29.7 Å². The van der Waals surface area contributed by atoms with Gasteiger partial charge in [-0.15, -0.1) is 20.4 Å². The second kappa shape index (κ2) is 18.1. The van der Waals surface area contributed by atoms with Gasteiger partial charge in [0.05, 0.1) is 34.7 Å². The third-order valence-corrected chi connectivity index (χ3v) is 12.2. The Morgan fingerprint density at radius 1 is 0.724 bits per heavy atom. The number of aromatic nitrogens is 6. The standard InChI is InChI=1S/C22H18N4O2S.C17H18N4O4S2.C2H6.2H2/c27-20(23-17-7-3-1-4-8-17)22(12-13-22)29-21-25-24-19(16-11-14-28-15-16)26(21)18-9-5-2-6-10-18;1-17(2,15(22)18-13-7-5-4-6-8-13)26-16-20-19-14(12-9-10-25-11-12)21(16)27(3,23)24;1-2;;/h1-11,14-15H,12-13H2,(H,23,27);4-11H,1-3H3,(H,18,22);1-2H3;2*1H. The van der Waals surface area contributed by atoms with E-state index in [4.69, 9.17) is 8.83 Å². The summed E-state index contributed by atoms with van der Waals surface area (Å²) < 4.78 is 36.3. The Morgan fingerprint density at radius 2 is 1.22 bits per heavy atom. The molecule has 14 nitrogen and oxygen atoms in total. The van der Waals surface area contributed by atoms with Crippen LogP contribution in [0.15, 0.2) is 147 Å². The lowest BCUT2D eigenvalue weighted by Gasteiger charge is -2.22. The van der Waals surface area contributed by atoms with Gasteiger partial charge >= 0.3 is 0 Å². The number of amides is 2. The molecule has 4 heterocycles. The van der Waals surface area contributed by atoms with Gasteiger partial charge in [-0.1, -0.05) is 92.0 Å². The Bertz CT molecular complexity index is 2530. The first-order valence-corrected chi connectivity index (χ1v) is 21.7. The molecule has 304 valence electrons. The molecule has 17 heteroatoms. The van der Waals surface area contributed by atoms with Gasteiger partial charge in [-0.05, 0) is 75.2 Å². The van der Waals surface area contributed by atoms with Crippen LogP contribution in [0.25, 0.3) is 28.5 Å². The van der Waals surface area contributed by atoms with Crippen molar-refractivity contribution in [1.29, 1.82) is 0 Å². The van der Waals surface area contributed by atoms with E-state index in [1.54, 1.807) is 44.6 Å². The molecule has 1 aliphatic carbocycles. The zero-order valence-corrected chi connectivity index (χ0v) is 34.8. The van der Waals surface area contributed by atoms with E-state index in [1.807, 2.05) is 103 Å². The molecule has 2 N–H and O–H groups in total. The summed E-state index contributed by atoms with van der Waals surface area (Å²) in [6, 6.07) is 31.9. The van der Waals surface area contributed by atoms with E-state index >= 15 is 0 Å².